The van der Waals surface area contributed by atoms with Gasteiger partial charge in [-0.25, -0.2) is 4.98 Å². The van der Waals surface area contributed by atoms with Gasteiger partial charge < -0.3 is 0 Å². The number of ketones is 1. The fourth-order valence-electron chi connectivity index (χ4n) is 2.45. The van der Waals surface area contributed by atoms with E-state index in [-0.39, 0.29) is 17.1 Å². The average Bonchev–Trinajstić information content (AvgIpc) is 2.59. The van der Waals surface area contributed by atoms with Crippen LogP contribution in [0.15, 0.2) is 52.4 Å². The lowest BCUT2D eigenvalue weighted by Gasteiger charge is -2.09. The van der Waals surface area contributed by atoms with Gasteiger partial charge >= 0.3 is 0 Å². The van der Waals surface area contributed by atoms with Gasteiger partial charge in [0, 0.05) is 12.6 Å². The van der Waals surface area contributed by atoms with Crippen molar-refractivity contribution in [2.45, 2.75) is 19.0 Å². The Kier molecular flexibility index (Phi) is 4.53. The molecule has 0 unspecified atom stereocenters. The number of hydrogen-bond acceptors (Lipinski definition) is 4. The molecule has 0 atom stereocenters. The molecule has 1 aromatic heterocycles. The molecule has 4 nitrogen and oxygen atoms in total. The van der Waals surface area contributed by atoms with E-state index in [1.165, 1.54) is 16.3 Å². The fourth-order valence-corrected chi connectivity index (χ4v) is 3.32. The van der Waals surface area contributed by atoms with Crippen molar-refractivity contribution in [1.29, 1.82) is 0 Å². The van der Waals surface area contributed by atoms with Gasteiger partial charge in [-0.3, -0.25) is 14.2 Å². The van der Waals surface area contributed by atoms with Crippen LogP contribution in [0, 0.1) is 13.8 Å². The Hall–Kier alpha value is -2.40. The first-order valence-electron chi connectivity index (χ1n) is 7.66. The van der Waals surface area contributed by atoms with Crippen molar-refractivity contribution < 1.29 is 4.79 Å². The van der Waals surface area contributed by atoms with Crippen LogP contribution in [0.2, 0.25) is 0 Å². The zero-order valence-electron chi connectivity index (χ0n) is 13.9. The van der Waals surface area contributed by atoms with Crippen molar-refractivity contribution in [2.75, 3.05) is 5.75 Å². The molecule has 0 radical (unpaired) electrons. The summed E-state index contributed by atoms with van der Waals surface area (Å²) in [6.45, 7) is 4.01. The van der Waals surface area contributed by atoms with Gasteiger partial charge in [0.2, 0.25) is 0 Å². The highest BCUT2D eigenvalue weighted by atomic mass is 32.2. The number of carbonyl (C=O) groups is 1. The van der Waals surface area contributed by atoms with E-state index in [1.54, 1.807) is 13.1 Å². The Morgan fingerprint density at radius 3 is 2.62 bits per heavy atom. The molecular weight excluding hydrogens is 320 g/mol. The number of Topliss-reactive ketones (excluding diaryl/α,β-unsaturated/α-hetero) is 1. The predicted molar refractivity (Wildman–Crippen MR) is 98.0 cm³/mol. The summed E-state index contributed by atoms with van der Waals surface area (Å²) in [5.74, 6) is 0.284. The number of nitrogens with zero attached hydrogens (tertiary/aromatic N) is 2. The van der Waals surface area contributed by atoms with Crippen LogP contribution < -0.4 is 5.56 Å². The number of rotatable bonds is 4. The molecule has 5 heteroatoms. The van der Waals surface area contributed by atoms with Gasteiger partial charge in [0.15, 0.2) is 10.9 Å². The second kappa shape index (κ2) is 6.61. The van der Waals surface area contributed by atoms with Crippen LogP contribution in [-0.4, -0.2) is 21.1 Å². The van der Waals surface area contributed by atoms with Gasteiger partial charge in [-0.2, -0.15) is 0 Å². The number of carbonyl (C=O) groups excluding carboxylic acids is 1. The van der Waals surface area contributed by atoms with Crippen LogP contribution in [-0.2, 0) is 7.05 Å². The number of fused-ring (bicyclic) bond motifs is 1. The SMILES string of the molecule is Cc1ccc(C(=O)CSc2nc3ccccc3c(=O)n2C)cc1C. The minimum absolute atomic E-state index is 0.0329. The maximum Gasteiger partial charge on any atom is 0.261 e. The Bertz CT molecular complexity index is 992. The topological polar surface area (TPSA) is 52.0 Å². The number of para-hydroxylation sites is 1. The third kappa shape index (κ3) is 3.12. The molecule has 0 fully saturated rings. The van der Waals surface area contributed by atoms with Gasteiger partial charge in [-0.15, -0.1) is 0 Å². The highest BCUT2D eigenvalue weighted by molar-refractivity contribution is 7.99. The van der Waals surface area contributed by atoms with Gasteiger partial charge in [-0.1, -0.05) is 36.0 Å². The lowest BCUT2D eigenvalue weighted by atomic mass is 10.0. The molecule has 3 rings (SSSR count). The van der Waals surface area contributed by atoms with Crippen molar-refractivity contribution in [3.05, 3.63) is 69.5 Å². The van der Waals surface area contributed by atoms with Crippen molar-refractivity contribution in [1.82, 2.24) is 9.55 Å². The molecule has 3 aromatic rings. The zero-order valence-corrected chi connectivity index (χ0v) is 14.7. The van der Waals surface area contributed by atoms with Crippen LogP contribution in [0.5, 0.6) is 0 Å². The molecule has 0 spiro atoms. The quantitative estimate of drug-likeness (QED) is 0.415. The molecule has 0 bridgehead atoms. The van der Waals surface area contributed by atoms with Gasteiger partial charge in [0.25, 0.3) is 5.56 Å². The van der Waals surface area contributed by atoms with Crippen molar-refractivity contribution in [2.24, 2.45) is 7.05 Å². The third-order valence-corrected chi connectivity index (χ3v) is 5.13. The Morgan fingerprint density at radius 2 is 1.88 bits per heavy atom. The van der Waals surface area contributed by atoms with E-state index >= 15 is 0 Å². The molecule has 0 aliphatic carbocycles. The number of benzene rings is 2. The standard InChI is InChI=1S/C19H18N2O2S/c1-12-8-9-14(10-13(12)2)17(22)11-24-19-20-16-7-5-4-6-15(16)18(23)21(19)3/h4-10H,11H2,1-3H3. The maximum absolute atomic E-state index is 12.4. The normalized spacial score (nSPS) is 11.0. The summed E-state index contributed by atoms with van der Waals surface area (Å²) in [4.78, 5) is 29.3. The van der Waals surface area contributed by atoms with Gasteiger partial charge in [0.05, 0.1) is 16.7 Å². The van der Waals surface area contributed by atoms with Crippen molar-refractivity contribution in [3.8, 4) is 0 Å². The minimum Gasteiger partial charge on any atom is -0.293 e. The average molecular weight is 338 g/mol. The highest BCUT2D eigenvalue weighted by Crippen LogP contribution is 2.19. The Balaban J connectivity index is 1.85. The molecule has 0 amide bonds. The summed E-state index contributed by atoms with van der Waals surface area (Å²) in [6.07, 6.45) is 0. The smallest absolute Gasteiger partial charge is 0.261 e. The molecular formula is C19H18N2O2S. The largest absolute Gasteiger partial charge is 0.293 e. The highest BCUT2D eigenvalue weighted by Gasteiger charge is 2.12. The van der Waals surface area contributed by atoms with Crippen LogP contribution in [0.4, 0.5) is 0 Å². The molecule has 0 saturated carbocycles. The monoisotopic (exact) mass is 338 g/mol. The molecule has 0 aliphatic rings. The van der Waals surface area contributed by atoms with Crippen LogP contribution in [0.25, 0.3) is 10.9 Å². The van der Waals surface area contributed by atoms with Crippen LogP contribution in [0.3, 0.4) is 0 Å². The summed E-state index contributed by atoms with van der Waals surface area (Å²) in [7, 11) is 1.69. The van der Waals surface area contributed by atoms with E-state index in [9.17, 15) is 9.59 Å². The lowest BCUT2D eigenvalue weighted by molar-refractivity contribution is 0.102. The number of hydrogen-bond donors (Lipinski definition) is 0. The van der Waals surface area contributed by atoms with E-state index in [0.717, 1.165) is 11.1 Å². The predicted octanol–water partition coefficient (Wildman–Crippen LogP) is 3.53. The Labute approximate surface area is 144 Å². The third-order valence-electron chi connectivity index (χ3n) is 4.10. The second-order valence-corrected chi connectivity index (χ2v) is 6.73. The summed E-state index contributed by atoms with van der Waals surface area (Å²) >= 11 is 1.29. The Morgan fingerprint density at radius 1 is 1.12 bits per heavy atom. The first-order chi connectivity index (χ1) is 11.5. The van der Waals surface area contributed by atoms with Gasteiger partial charge in [0.1, 0.15) is 0 Å². The summed E-state index contributed by atoms with van der Waals surface area (Å²) < 4.78 is 1.50. The fraction of sp³-hybridized carbons (Fsp3) is 0.211. The molecule has 24 heavy (non-hydrogen) atoms. The molecule has 0 N–H and O–H groups in total. The van der Waals surface area contributed by atoms with E-state index in [0.29, 0.717) is 21.6 Å². The summed E-state index contributed by atoms with van der Waals surface area (Å²) in [5, 5.41) is 1.14. The molecule has 1 heterocycles. The molecule has 0 saturated heterocycles. The van der Waals surface area contributed by atoms with Crippen molar-refractivity contribution >= 4 is 28.4 Å². The van der Waals surface area contributed by atoms with E-state index in [2.05, 4.69) is 4.98 Å². The van der Waals surface area contributed by atoms with Crippen molar-refractivity contribution in [3.63, 3.8) is 0 Å². The lowest BCUT2D eigenvalue weighted by Crippen LogP contribution is -2.20. The molecule has 0 aliphatic heterocycles. The second-order valence-electron chi connectivity index (χ2n) is 5.79. The zero-order chi connectivity index (χ0) is 17.3. The van der Waals surface area contributed by atoms with Gasteiger partial charge in [-0.05, 0) is 43.2 Å². The number of aromatic nitrogens is 2. The molecule has 2 aromatic carbocycles. The first kappa shape index (κ1) is 16.5. The summed E-state index contributed by atoms with van der Waals surface area (Å²) in [6, 6.07) is 13.0. The number of aryl methyl sites for hydroxylation is 2. The van der Waals surface area contributed by atoms with E-state index in [4.69, 9.17) is 0 Å². The first-order valence-corrected chi connectivity index (χ1v) is 8.65. The van der Waals surface area contributed by atoms with Crippen LogP contribution >= 0.6 is 11.8 Å². The number of thioether (sulfide) groups is 1. The van der Waals surface area contributed by atoms with E-state index < -0.39 is 0 Å². The van der Waals surface area contributed by atoms with E-state index in [1.807, 2.05) is 50.2 Å². The summed E-state index contributed by atoms with van der Waals surface area (Å²) in [5.41, 5.74) is 3.51. The minimum atomic E-state index is -0.0956. The van der Waals surface area contributed by atoms with Crippen LogP contribution in [0.1, 0.15) is 21.5 Å². The molecule has 122 valence electrons. The maximum atomic E-state index is 12.4.